The van der Waals surface area contributed by atoms with Crippen LogP contribution in [-0.2, 0) is 25.5 Å². The maximum Gasteiger partial charge on any atom is 0.408 e. The summed E-state index contributed by atoms with van der Waals surface area (Å²) in [5.74, 6) is -1.80. The van der Waals surface area contributed by atoms with Crippen LogP contribution in [0.4, 0.5) is 4.79 Å². The van der Waals surface area contributed by atoms with Gasteiger partial charge in [0.25, 0.3) is 0 Å². The Labute approximate surface area is 207 Å². The number of hydrogen-bond acceptors (Lipinski definition) is 5. The van der Waals surface area contributed by atoms with E-state index in [0.717, 1.165) is 5.56 Å². The number of alkyl carbamates (subject to hydrolysis) is 1. The van der Waals surface area contributed by atoms with Crippen molar-refractivity contribution >= 4 is 23.9 Å². The highest BCUT2D eigenvalue weighted by Crippen LogP contribution is 2.20. The van der Waals surface area contributed by atoms with Gasteiger partial charge in [-0.2, -0.15) is 0 Å². The molecule has 1 aliphatic heterocycles. The van der Waals surface area contributed by atoms with Crippen molar-refractivity contribution in [2.75, 3.05) is 13.1 Å². The molecule has 1 aliphatic rings. The molecule has 1 aromatic rings. The van der Waals surface area contributed by atoms with Gasteiger partial charge in [-0.1, -0.05) is 44.2 Å². The first-order valence-corrected chi connectivity index (χ1v) is 12.2. The normalized spacial score (nSPS) is 16.3. The van der Waals surface area contributed by atoms with E-state index >= 15 is 0 Å². The van der Waals surface area contributed by atoms with Crippen LogP contribution in [0.1, 0.15) is 59.4 Å². The highest BCUT2D eigenvalue weighted by molar-refractivity contribution is 5.87. The van der Waals surface area contributed by atoms with Crippen molar-refractivity contribution in [1.29, 1.82) is 0 Å². The zero-order chi connectivity index (χ0) is 26.2. The Balaban J connectivity index is 2.01. The molecule has 0 aromatic heterocycles. The first kappa shape index (κ1) is 28.1. The SMILES string of the molecule is CC(C)C[C@@H](NC(=O)C1CCN(C(=O)[C@@H](Cc2ccccc2)NC(=O)OC(C)(C)C)CC1)C(=O)O. The molecule has 0 unspecified atom stereocenters. The van der Waals surface area contributed by atoms with E-state index in [1.165, 1.54) is 0 Å². The van der Waals surface area contributed by atoms with Crippen molar-refractivity contribution < 1.29 is 29.0 Å². The highest BCUT2D eigenvalue weighted by Gasteiger charge is 2.34. The largest absolute Gasteiger partial charge is 0.480 e. The van der Waals surface area contributed by atoms with Crippen LogP contribution in [0.15, 0.2) is 30.3 Å². The summed E-state index contributed by atoms with van der Waals surface area (Å²) >= 11 is 0. The molecular weight excluding hydrogens is 450 g/mol. The molecule has 0 saturated carbocycles. The maximum absolute atomic E-state index is 13.3. The Bertz CT molecular complexity index is 873. The van der Waals surface area contributed by atoms with Crippen LogP contribution in [0.25, 0.3) is 0 Å². The number of carboxylic acid groups (broad SMARTS) is 1. The Morgan fingerprint density at radius 1 is 1.03 bits per heavy atom. The minimum absolute atomic E-state index is 0.134. The van der Waals surface area contributed by atoms with Gasteiger partial charge in [-0.3, -0.25) is 9.59 Å². The summed E-state index contributed by atoms with van der Waals surface area (Å²) in [6.07, 6.45) is 0.864. The molecule has 194 valence electrons. The van der Waals surface area contributed by atoms with Crippen LogP contribution >= 0.6 is 0 Å². The predicted octanol–water partition coefficient (Wildman–Crippen LogP) is 2.98. The lowest BCUT2D eigenvalue weighted by atomic mass is 9.94. The number of amides is 3. The number of likely N-dealkylation sites (tertiary alicyclic amines) is 1. The maximum atomic E-state index is 13.3. The summed E-state index contributed by atoms with van der Waals surface area (Å²) in [6, 6.07) is 7.69. The Hall–Kier alpha value is -3.10. The van der Waals surface area contributed by atoms with Crippen LogP contribution < -0.4 is 10.6 Å². The van der Waals surface area contributed by atoms with E-state index in [0.29, 0.717) is 38.8 Å². The first-order valence-electron chi connectivity index (χ1n) is 12.2. The minimum Gasteiger partial charge on any atom is -0.480 e. The van der Waals surface area contributed by atoms with Crippen molar-refractivity contribution in [3.05, 3.63) is 35.9 Å². The lowest BCUT2D eigenvalue weighted by molar-refractivity contribution is -0.143. The third kappa shape index (κ3) is 9.58. The monoisotopic (exact) mass is 489 g/mol. The second-order valence-electron chi connectivity index (χ2n) is 10.5. The van der Waals surface area contributed by atoms with Crippen LogP contribution in [0.2, 0.25) is 0 Å². The van der Waals surface area contributed by atoms with Crippen molar-refractivity contribution in [2.24, 2.45) is 11.8 Å². The van der Waals surface area contributed by atoms with Gasteiger partial charge in [0.1, 0.15) is 17.7 Å². The number of ether oxygens (including phenoxy) is 1. The van der Waals surface area contributed by atoms with Gasteiger partial charge in [-0.15, -0.1) is 0 Å². The van der Waals surface area contributed by atoms with E-state index in [9.17, 15) is 24.3 Å². The van der Waals surface area contributed by atoms with E-state index in [4.69, 9.17) is 4.74 Å². The fraction of sp³-hybridized carbons (Fsp3) is 0.615. The number of nitrogens with zero attached hydrogens (tertiary/aromatic N) is 1. The van der Waals surface area contributed by atoms with Crippen molar-refractivity contribution in [2.45, 2.75) is 78.0 Å². The third-order valence-electron chi connectivity index (χ3n) is 5.77. The van der Waals surface area contributed by atoms with E-state index in [1.807, 2.05) is 44.2 Å². The number of rotatable bonds is 9. The fourth-order valence-corrected chi connectivity index (χ4v) is 4.06. The topological polar surface area (TPSA) is 125 Å². The fourth-order valence-electron chi connectivity index (χ4n) is 4.06. The molecule has 9 heteroatoms. The number of carbonyl (C=O) groups excluding carboxylic acids is 3. The lowest BCUT2D eigenvalue weighted by Crippen LogP contribution is -2.53. The molecule has 2 rings (SSSR count). The van der Waals surface area contributed by atoms with Gasteiger partial charge in [0, 0.05) is 25.4 Å². The Kier molecular flexibility index (Phi) is 10.1. The standard InChI is InChI=1S/C26H39N3O6/c1-17(2)15-21(24(32)33)27-22(30)19-11-13-29(14-12-19)23(31)20(16-18-9-7-6-8-10-18)28-25(34)35-26(3,4)5/h6-10,17,19-21H,11-16H2,1-5H3,(H,27,30)(H,28,34)(H,32,33)/t20-,21-/m1/s1. The molecule has 1 saturated heterocycles. The van der Waals surface area contributed by atoms with E-state index in [2.05, 4.69) is 10.6 Å². The summed E-state index contributed by atoms with van der Waals surface area (Å²) in [4.78, 5) is 51.6. The van der Waals surface area contributed by atoms with Crippen LogP contribution in [0.5, 0.6) is 0 Å². The summed E-state index contributed by atoms with van der Waals surface area (Å²) in [7, 11) is 0. The average Bonchev–Trinajstić information content (AvgIpc) is 2.77. The highest BCUT2D eigenvalue weighted by atomic mass is 16.6. The molecule has 0 aliphatic carbocycles. The van der Waals surface area contributed by atoms with Crippen LogP contribution in [-0.4, -0.2) is 64.7 Å². The Morgan fingerprint density at radius 2 is 1.63 bits per heavy atom. The quantitative estimate of drug-likeness (QED) is 0.490. The summed E-state index contributed by atoms with van der Waals surface area (Å²) in [6.45, 7) is 9.78. The molecule has 3 N–H and O–H groups in total. The molecule has 1 aromatic carbocycles. The van der Waals surface area contributed by atoms with Crippen molar-refractivity contribution in [3.63, 3.8) is 0 Å². The van der Waals surface area contributed by atoms with Crippen molar-refractivity contribution in [1.82, 2.24) is 15.5 Å². The van der Waals surface area contributed by atoms with Gasteiger partial charge < -0.3 is 25.4 Å². The van der Waals surface area contributed by atoms with Gasteiger partial charge >= 0.3 is 12.1 Å². The zero-order valence-corrected chi connectivity index (χ0v) is 21.4. The first-order chi connectivity index (χ1) is 16.4. The molecule has 0 bridgehead atoms. The Morgan fingerprint density at radius 3 is 2.14 bits per heavy atom. The average molecular weight is 490 g/mol. The van der Waals surface area contributed by atoms with E-state index in [-0.39, 0.29) is 23.7 Å². The molecule has 0 radical (unpaired) electrons. The molecule has 3 amide bonds. The van der Waals surface area contributed by atoms with Gasteiger partial charge in [0.15, 0.2) is 0 Å². The second-order valence-corrected chi connectivity index (χ2v) is 10.5. The third-order valence-corrected chi connectivity index (χ3v) is 5.77. The number of nitrogens with one attached hydrogen (secondary N) is 2. The number of piperidine rings is 1. The molecule has 1 fully saturated rings. The summed E-state index contributed by atoms with van der Waals surface area (Å²) < 4.78 is 5.35. The molecule has 1 heterocycles. The predicted molar refractivity (Wildman–Crippen MR) is 132 cm³/mol. The number of carbonyl (C=O) groups is 4. The van der Waals surface area contributed by atoms with Crippen LogP contribution in [0.3, 0.4) is 0 Å². The molecule has 35 heavy (non-hydrogen) atoms. The number of benzene rings is 1. The summed E-state index contributed by atoms with van der Waals surface area (Å²) in [5.41, 5.74) is 0.209. The van der Waals surface area contributed by atoms with Gasteiger partial charge in [0.05, 0.1) is 0 Å². The molecule has 0 spiro atoms. The molecule has 2 atom stereocenters. The number of aliphatic carboxylic acids is 1. The number of hydrogen-bond donors (Lipinski definition) is 3. The van der Waals surface area contributed by atoms with Crippen LogP contribution in [0, 0.1) is 11.8 Å². The molecular formula is C26H39N3O6. The molecule has 9 nitrogen and oxygen atoms in total. The van der Waals surface area contributed by atoms with Gasteiger partial charge in [-0.05, 0) is 51.5 Å². The van der Waals surface area contributed by atoms with Gasteiger partial charge in [-0.25, -0.2) is 9.59 Å². The lowest BCUT2D eigenvalue weighted by Gasteiger charge is -2.34. The number of carboxylic acids is 1. The second kappa shape index (κ2) is 12.6. The van der Waals surface area contributed by atoms with E-state index in [1.54, 1.807) is 25.7 Å². The minimum atomic E-state index is -1.04. The van der Waals surface area contributed by atoms with Gasteiger partial charge in [0.2, 0.25) is 11.8 Å². The zero-order valence-electron chi connectivity index (χ0n) is 21.4. The smallest absolute Gasteiger partial charge is 0.408 e. The van der Waals surface area contributed by atoms with Crippen molar-refractivity contribution in [3.8, 4) is 0 Å². The van der Waals surface area contributed by atoms with E-state index < -0.39 is 29.7 Å². The summed E-state index contributed by atoms with van der Waals surface area (Å²) in [5, 5.41) is 14.8.